The number of hydrogen-bond acceptors (Lipinski definition) is 8. The molecule has 0 radical (unpaired) electrons. The Bertz CT molecular complexity index is 1110. The molecule has 5 rings (SSSR count). The fourth-order valence-electron chi connectivity index (χ4n) is 8.20. The van der Waals surface area contributed by atoms with E-state index in [-0.39, 0.29) is 66.1 Å². The maximum atomic E-state index is 15.2. The highest BCUT2D eigenvalue weighted by Gasteiger charge is 2.49. The summed E-state index contributed by atoms with van der Waals surface area (Å²) in [6, 6.07) is 0. The number of rotatable bonds is 13. The Kier molecular flexibility index (Phi) is 13.0. The number of halogens is 2. The van der Waals surface area contributed by atoms with Crippen LogP contribution < -0.4 is 10.6 Å². The molecule has 0 aromatic heterocycles. The van der Waals surface area contributed by atoms with Gasteiger partial charge in [0.1, 0.15) is 12.5 Å². The van der Waals surface area contributed by atoms with Crippen LogP contribution in [0.15, 0.2) is 0 Å². The van der Waals surface area contributed by atoms with Crippen molar-refractivity contribution in [3.8, 4) is 0 Å². The molecule has 14 heteroatoms. The van der Waals surface area contributed by atoms with Gasteiger partial charge >= 0.3 is 0 Å². The number of ether oxygens (including phenoxy) is 1. The molecule has 1 saturated carbocycles. The van der Waals surface area contributed by atoms with Crippen molar-refractivity contribution in [1.29, 1.82) is 0 Å². The Morgan fingerprint density at radius 2 is 1.63 bits per heavy atom. The predicted molar refractivity (Wildman–Crippen MR) is 175 cm³/mol. The van der Waals surface area contributed by atoms with Crippen molar-refractivity contribution in [2.45, 2.75) is 119 Å². The summed E-state index contributed by atoms with van der Waals surface area (Å²) in [5, 5.41) is 7.11. The molecule has 4 saturated heterocycles. The first-order chi connectivity index (χ1) is 22.0. The van der Waals surface area contributed by atoms with Gasteiger partial charge in [0.05, 0.1) is 17.2 Å². The van der Waals surface area contributed by atoms with Crippen LogP contribution in [0.3, 0.4) is 0 Å². The fourth-order valence-corrected chi connectivity index (χ4v) is 8.94. The predicted octanol–water partition coefficient (Wildman–Crippen LogP) is 3.13. The molecular weight excluding hydrogens is 637 g/mol. The van der Waals surface area contributed by atoms with E-state index in [0.29, 0.717) is 51.4 Å². The van der Waals surface area contributed by atoms with Crippen LogP contribution in [-0.2, 0) is 24.4 Å². The third kappa shape index (κ3) is 9.98. The van der Waals surface area contributed by atoms with Gasteiger partial charge in [-0.3, -0.25) is 29.7 Å². The number of nitrogens with one attached hydrogen (secondary N) is 2. The smallest absolute Gasteiger partial charge is 0.264 e. The first-order valence-corrected chi connectivity index (χ1v) is 19.7. The van der Waals surface area contributed by atoms with Gasteiger partial charge in [0.2, 0.25) is 11.8 Å². The molecule has 0 aromatic rings. The van der Waals surface area contributed by atoms with Gasteiger partial charge < -0.3 is 14.5 Å². The van der Waals surface area contributed by atoms with E-state index in [1.54, 1.807) is 0 Å². The van der Waals surface area contributed by atoms with Gasteiger partial charge in [-0.2, -0.15) is 8.42 Å². The summed E-state index contributed by atoms with van der Waals surface area (Å²) >= 11 is 6.17. The second kappa shape index (κ2) is 16.5. The van der Waals surface area contributed by atoms with Crippen LogP contribution in [0, 0.1) is 11.8 Å². The highest BCUT2D eigenvalue weighted by Crippen LogP contribution is 2.41. The number of carbonyl (C=O) groups is 2. The SMILES string of the molecule is O=C(CC1CCC(OCCCC2CCN(C3NCC(Cl)CN3)CC2)CC1F)N1CCC2(CC1)CCN2C(=O)CCCCS(=O)(=O)O. The van der Waals surface area contributed by atoms with E-state index >= 15 is 4.39 Å². The van der Waals surface area contributed by atoms with Crippen molar-refractivity contribution < 1.29 is 31.7 Å². The second-order valence-corrected chi connectivity index (χ2v) is 16.6. The van der Waals surface area contributed by atoms with E-state index < -0.39 is 16.3 Å². The van der Waals surface area contributed by atoms with E-state index in [1.165, 1.54) is 12.8 Å². The summed E-state index contributed by atoms with van der Waals surface area (Å²) in [6.07, 6.45) is 9.00. The molecule has 4 heterocycles. The van der Waals surface area contributed by atoms with E-state index in [2.05, 4.69) is 15.5 Å². The van der Waals surface area contributed by atoms with Crippen LogP contribution in [0.2, 0.25) is 0 Å². The summed E-state index contributed by atoms with van der Waals surface area (Å²) in [7, 11) is -4.00. The zero-order valence-corrected chi connectivity index (χ0v) is 28.8. The Morgan fingerprint density at radius 1 is 0.935 bits per heavy atom. The molecule has 0 aromatic carbocycles. The molecule has 11 nitrogen and oxygen atoms in total. The Balaban J connectivity index is 0.924. The summed E-state index contributed by atoms with van der Waals surface area (Å²) < 4.78 is 52.0. The maximum Gasteiger partial charge on any atom is 0.264 e. The number of hydrogen-bond donors (Lipinski definition) is 3. The summed E-state index contributed by atoms with van der Waals surface area (Å²) in [4.78, 5) is 32.1. The van der Waals surface area contributed by atoms with Crippen molar-refractivity contribution in [3.63, 3.8) is 0 Å². The molecule has 5 fully saturated rings. The standard InChI is InChI=1S/C32H55ClFN5O6S/c33-26-22-35-31(36-23-26)38-13-8-24(9-14-38)4-3-18-45-27-7-6-25(28(34)21-27)20-30(41)37-15-10-32(11-16-37)12-17-39(32)29(40)5-1-2-19-46(42,43)44/h24-28,31,35-36H,1-23H2,(H,42,43,44). The summed E-state index contributed by atoms with van der Waals surface area (Å²) in [5.41, 5.74) is -0.217. The molecular formula is C32H55ClFN5O6S. The lowest BCUT2D eigenvalue weighted by molar-refractivity contribution is -0.154. The number of amides is 2. The van der Waals surface area contributed by atoms with E-state index in [4.69, 9.17) is 20.9 Å². The molecule has 3 unspecified atom stereocenters. The number of likely N-dealkylation sites (tertiary alicyclic amines) is 3. The van der Waals surface area contributed by atoms with E-state index in [0.717, 1.165) is 64.7 Å². The molecule has 1 aliphatic carbocycles. The minimum absolute atomic E-state index is 0.00798. The van der Waals surface area contributed by atoms with Crippen LogP contribution >= 0.6 is 11.6 Å². The van der Waals surface area contributed by atoms with Crippen molar-refractivity contribution in [1.82, 2.24) is 25.3 Å². The van der Waals surface area contributed by atoms with E-state index in [1.807, 2.05) is 9.80 Å². The van der Waals surface area contributed by atoms with Gasteiger partial charge in [0.25, 0.3) is 10.1 Å². The summed E-state index contributed by atoms with van der Waals surface area (Å²) in [6.45, 7) is 6.34. The normalized spacial score (nSPS) is 31.2. The lowest BCUT2D eigenvalue weighted by Gasteiger charge is -2.56. The second-order valence-electron chi connectivity index (χ2n) is 14.4. The fraction of sp³-hybridized carbons (Fsp3) is 0.938. The monoisotopic (exact) mass is 691 g/mol. The highest BCUT2D eigenvalue weighted by atomic mass is 35.5. The minimum atomic E-state index is -4.00. The highest BCUT2D eigenvalue weighted by molar-refractivity contribution is 7.85. The van der Waals surface area contributed by atoms with Gasteiger partial charge in [-0.25, -0.2) is 4.39 Å². The number of nitrogens with zero attached hydrogens (tertiary/aromatic N) is 3. The van der Waals surface area contributed by atoms with Crippen molar-refractivity contribution in [2.75, 3.05) is 58.2 Å². The molecule has 0 bridgehead atoms. The van der Waals surface area contributed by atoms with Gasteiger partial charge in [0.15, 0.2) is 0 Å². The Labute approximate surface area is 279 Å². The van der Waals surface area contributed by atoms with Gasteiger partial charge in [-0.15, -0.1) is 11.6 Å². The minimum Gasteiger partial charge on any atom is -0.378 e. The number of piperidine rings is 2. The molecule has 264 valence electrons. The number of carbonyl (C=O) groups excluding carboxylic acids is 2. The molecule has 3 atom stereocenters. The summed E-state index contributed by atoms with van der Waals surface area (Å²) in [5.74, 6) is 0.139. The third-order valence-electron chi connectivity index (χ3n) is 11.2. The molecule has 46 heavy (non-hydrogen) atoms. The largest absolute Gasteiger partial charge is 0.378 e. The van der Waals surface area contributed by atoms with Crippen LogP contribution in [0.4, 0.5) is 4.39 Å². The molecule has 3 N–H and O–H groups in total. The topological polar surface area (TPSA) is 132 Å². The van der Waals surface area contributed by atoms with Crippen LogP contribution in [-0.4, -0.2) is 127 Å². The van der Waals surface area contributed by atoms with Crippen LogP contribution in [0.1, 0.15) is 89.9 Å². The van der Waals surface area contributed by atoms with Crippen molar-refractivity contribution in [2.24, 2.45) is 11.8 Å². The maximum absolute atomic E-state index is 15.2. The average Bonchev–Trinajstić information content (AvgIpc) is 3.02. The number of alkyl halides is 2. The van der Waals surface area contributed by atoms with Crippen LogP contribution in [0.25, 0.3) is 0 Å². The third-order valence-corrected chi connectivity index (χ3v) is 12.4. The van der Waals surface area contributed by atoms with Crippen molar-refractivity contribution >= 4 is 33.5 Å². The van der Waals surface area contributed by atoms with Crippen LogP contribution in [0.5, 0.6) is 0 Å². The Hall–Kier alpha value is -1.09. The lowest BCUT2D eigenvalue weighted by atomic mass is 9.75. The average molecular weight is 692 g/mol. The van der Waals surface area contributed by atoms with Gasteiger partial charge in [-0.05, 0) is 82.5 Å². The molecule has 2 amide bonds. The lowest BCUT2D eigenvalue weighted by Crippen LogP contribution is -2.66. The van der Waals surface area contributed by atoms with Gasteiger partial charge in [-0.1, -0.05) is 0 Å². The van der Waals surface area contributed by atoms with Crippen molar-refractivity contribution in [3.05, 3.63) is 0 Å². The quantitative estimate of drug-likeness (QED) is 0.152. The zero-order valence-electron chi connectivity index (χ0n) is 27.2. The van der Waals surface area contributed by atoms with E-state index in [9.17, 15) is 18.0 Å². The van der Waals surface area contributed by atoms with Gasteiger partial charge in [0, 0.05) is 77.2 Å². The molecule has 5 aliphatic rings. The first kappa shape index (κ1) is 36.2. The molecule has 4 aliphatic heterocycles. The first-order valence-electron chi connectivity index (χ1n) is 17.7. The number of unbranched alkanes of at least 4 members (excludes halogenated alkanes) is 1. The zero-order chi connectivity index (χ0) is 32.7. The molecule has 1 spiro atoms. The Morgan fingerprint density at radius 3 is 2.26 bits per heavy atom.